The number of nitrogens with zero attached hydrogens (tertiary/aromatic N) is 3. The molecule has 0 unspecified atom stereocenters. The molecule has 2 aromatic rings. The molecule has 0 amide bonds. The van der Waals surface area contributed by atoms with Gasteiger partial charge in [0.05, 0.1) is 25.0 Å². The van der Waals surface area contributed by atoms with Gasteiger partial charge in [-0.3, -0.25) is 5.43 Å². The summed E-state index contributed by atoms with van der Waals surface area (Å²) in [6.07, 6.45) is 0.705. The van der Waals surface area contributed by atoms with E-state index in [4.69, 9.17) is 21.1 Å². The van der Waals surface area contributed by atoms with Crippen molar-refractivity contribution < 1.29 is 9.47 Å². The molecule has 0 heterocycles. The number of hydrogen-bond donors (Lipinski definition) is 1. The number of aryl methyl sites for hydroxylation is 1. The zero-order valence-electron chi connectivity index (χ0n) is 14.1. The third-order valence-electron chi connectivity index (χ3n) is 3.33. The van der Waals surface area contributed by atoms with E-state index in [1.54, 1.807) is 12.1 Å². The van der Waals surface area contributed by atoms with Crippen molar-refractivity contribution in [3.8, 4) is 17.6 Å². The summed E-state index contributed by atoms with van der Waals surface area (Å²) in [7, 11) is 1.52. The predicted molar refractivity (Wildman–Crippen MR) is 97.9 cm³/mol. The second-order valence-corrected chi connectivity index (χ2v) is 5.58. The highest BCUT2D eigenvalue weighted by Crippen LogP contribution is 2.35. The van der Waals surface area contributed by atoms with Crippen LogP contribution in [0.15, 0.2) is 46.7 Å². The summed E-state index contributed by atoms with van der Waals surface area (Å²) < 4.78 is 10.9. The van der Waals surface area contributed by atoms with E-state index in [-0.39, 0.29) is 0 Å². The van der Waals surface area contributed by atoms with Crippen LogP contribution in [-0.2, 0) is 0 Å². The van der Waals surface area contributed by atoms with E-state index in [0.29, 0.717) is 41.7 Å². The van der Waals surface area contributed by atoms with Crippen molar-refractivity contribution >= 4 is 23.0 Å². The van der Waals surface area contributed by atoms with Crippen LogP contribution < -0.4 is 14.9 Å². The number of nitrogens with one attached hydrogen (secondary N) is 1. The molecular formula is C18H19ClN4O2. The molecular weight excluding hydrogens is 340 g/mol. The lowest BCUT2D eigenvalue weighted by Crippen LogP contribution is -2.00. The number of alkyl halides is 1. The molecule has 2 aromatic carbocycles. The van der Waals surface area contributed by atoms with Gasteiger partial charge < -0.3 is 9.47 Å². The van der Waals surface area contributed by atoms with E-state index >= 15 is 0 Å². The molecule has 7 heteroatoms. The molecule has 0 bridgehead atoms. The van der Waals surface area contributed by atoms with Crippen molar-refractivity contribution in [1.29, 1.82) is 5.26 Å². The van der Waals surface area contributed by atoms with Crippen LogP contribution in [0, 0.1) is 18.3 Å². The van der Waals surface area contributed by atoms with Crippen LogP contribution in [0.5, 0.6) is 11.5 Å². The fourth-order valence-electron chi connectivity index (χ4n) is 2.00. The standard InChI is InChI=1S/C18H19ClN4O2/c1-13-4-6-15(7-5-13)21-23-22-16-11-18(25-9-3-8-19)17(24-2)10-14(16)12-20/h4-7,10-11H,3,8-9H2,1-2H3,(H,21,22). The van der Waals surface area contributed by atoms with Gasteiger partial charge in [0.15, 0.2) is 11.5 Å². The highest BCUT2D eigenvalue weighted by Gasteiger charge is 2.11. The van der Waals surface area contributed by atoms with E-state index < -0.39 is 0 Å². The van der Waals surface area contributed by atoms with Gasteiger partial charge >= 0.3 is 0 Å². The van der Waals surface area contributed by atoms with Crippen LogP contribution >= 0.6 is 11.6 Å². The number of benzene rings is 2. The number of nitriles is 1. The molecule has 2 rings (SSSR count). The van der Waals surface area contributed by atoms with Crippen molar-refractivity contribution in [2.45, 2.75) is 13.3 Å². The molecule has 0 atom stereocenters. The maximum Gasteiger partial charge on any atom is 0.163 e. The van der Waals surface area contributed by atoms with Gasteiger partial charge in [-0.1, -0.05) is 22.9 Å². The molecule has 0 aliphatic heterocycles. The highest BCUT2D eigenvalue weighted by molar-refractivity contribution is 6.17. The molecule has 0 saturated heterocycles. The molecule has 6 nitrogen and oxygen atoms in total. The summed E-state index contributed by atoms with van der Waals surface area (Å²) in [6.45, 7) is 2.46. The Morgan fingerprint density at radius 3 is 2.60 bits per heavy atom. The molecule has 0 saturated carbocycles. The number of halogens is 1. The van der Waals surface area contributed by atoms with Crippen molar-refractivity contribution in [1.82, 2.24) is 0 Å². The van der Waals surface area contributed by atoms with E-state index in [1.807, 2.05) is 31.2 Å². The van der Waals surface area contributed by atoms with E-state index in [2.05, 4.69) is 21.8 Å². The van der Waals surface area contributed by atoms with Gasteiger partial charge in [0.1, 0.15) is 11.8 Å². The zero-order chi connectivity index (χ0) is 18.1. The lowest BCUT2D eigenvalue weighted by Gasteiger charge is -2.11. The maximum absolute atomic E-state index is 9.30. The lowest BCUT2D eigenvalue weighted by molar-refractivity contribution is 0.295. The summed E-state index contributed by atoms with van der Waals surface area (Å²) >= 11 is 5.66. The van der Waals surface area contributed by atoms with Crippen molar-refractivity contribution in [3.05, 3.63) is 47.5 Å². The molecule has 0 aromatic heterocycles. The van der Waals surface area contributed by atoms with E-state index in [9.17, 15) is 5.26 Å². The Balaban J connectivity index is 2.19. The molecule has 0 spiro atoms. The van der Waals surface area contributed by atoms with E-state index in [1.165, 1.54) is 7.11 Å². The number of methoxy groups -OCH3 is 1. The molecule has 0 aliphatic carbocycles. The van der Waals surface area contributed by atoms with Gasteiger partial charge in [0.2, 0.25) is 0 Å². The monoisotopic (exact) mass is 358 g/mol. The Morgan fingerprint density at radius 2 is 1.96 bits per heavy atom. The zero-order valence-corrected chi connectivity index (χ0v) is 14.9. The molecule has 1 N–H and O–H groups in total. The molecule has 25 heavy (non-hydrogen) atoms. The Morgan fingerprint density at radius 1 is 1.20 bits per heavy atom. The quantitative estimate of drug-likeness (QED) is 0.312. The number of ether oxygens (including phenoxy) is 2. The Labute approximate surface area is 152 Å². The maximum atomic E-state index is 9.30. The first-order valence-electron chi connectivity index (χ1n) is 7.72. The predicted octanol–water partition coefficient (Wildman–Crippen LogP) is 4.99. The fourth-order valence-corrected chi connectivity index (χ4v) is 2.10. The fraction of sp³-hybridized carbons (Fsp3) is 0.278. The molecule has 0 radical (unpaired) electrons. The normalized spacial score (nSPS) is 10.5. The van der Waals surface area contributed by atoms with Crippen LogP contribution in [0.2, 0.25) is 0 Å². The highest BCUT2D eigenvalue weighted by atomic mass is 35.5. The second-order valence-electron chi connectivity index (χ2n) is 5.20. The van der Waals surface area contributed by atoms with Gasteiger partial charge in [-0.2, -0.15) is 5.26 Å². The Kier molecular flexibility index (Phi) is 7.05. The number of hydrogen-bond acceptors (Lipinski definition) is 5. The summed E-state index contributed by atoms with van der Waals surface area (Å²) in [5.74, 6) is 1.47. The largest absolute Gasteiger partial charge is 0.493 e. The first kappa shape index (κ1) is 18.6. The number of anilines is 1. The van der Waals surface area contributed by atoms with Gasteiger partial charge in [0.25, 0.3) is 0 Å². The minimum absolute atomic E-state index is 0.344. The molecule has 0 aliphatic rings. The second kappa shape index (κ2) is 9.50. The third-order valence-corrected chi connectivity index (χ3v) is 3.59. The SMILES string of the molecule is COc1cc(C#N)c(N=NNc2ccc(C)cc2)cc1OCCCCl. The first-order valence-corrected chi connectivity index (χ1v) is 8.25. The average Bonchev–Trinajstić information content (AvgIpc) is 2.63. The Bertz CT molecular complexity index is 770. The summed E-state index contributed by atoms with van der Waals surface area (Å²) in [5, 5.41) is 17.3. The third kappa shape index (κ3) is 5.37. The van der Waals surface area contributed by atoms with Gasteiger partial charge in [0, 0.05) is 18.0 Å². The van der Waals surface area contributed by atoms with Crippen LogP contribution in [0.1, 0.15) is 17.5 Å². The van der Waals surface area contributed by atoms with Crippen molar-refractivity contribution in [2.24, 2.45) is 10.3 Å². The van der Waals surface area contributed by atoms with Crippen molar-refractivity contribution in [3.63, 3.8) is 0 Å². The minimum atomic E-state index is 0.344. The minimum Gasteiger partial charge on any atom is -0.493 e. The lowest BCUT2D eigenvalue weighted by atomic mass is 10.1. The summed E-state index contributed by atoms with van der Waals surface area (Å²) in [6, 6.07) is 13.0. The summed E-state index contributed by atoms with van der Waals surface area (Å²) in [5.41, 5.74) is 5.53. The topological polar surface area (TPSA) is 79.0 Å². The van der Waals surface area contributed by atoms with Gasteiger partial charge in [-0.05, 0) is 25.5 Å². The van der Waals surface area contributed by atoms with Gasteiger partial charge in [-0.25, -0.2) is 0 Å². The van der Waals surface area contributed by atoms with Gasteiger partial charge in [-0.15, -0.1) is 16.7 Å². The van der Waals surface area contributed by atoms with Crippen LogP contribution in [0.4, 0.5) is 11.4 Å². The van der Waals surface area contributed by atoms with Crippen molar-refractivity contribution in [2.75, 3.05) is 25.0 Å². The van der Waals surface area contributed by atoms with Crippen LogP contribution in [-0.4, -0.2) is 19.6 Å². The molecule has 0 fully saturated rings. The first-order chi connectivity index (χ1) is 12.2. The van der Waals surface area contributed by atoms with Crippen LogP contribution in [0.3, 0.4) is 0 Å². The molecule has 130 valence electrons. The average molecular weight is 359 g/mol. The number of rotatable bonds is 8. The van der Waals surface area contributed by atoms with Crippen LogP contribution in [0.25, 0.3) is 0 Å². The Hall–Kier alpha value is -2.78. The summed E-state index contributed by atoms with van der Waals surface area (Å²) in [4.78, 5) is 0. The smallest absolute Gasteiger partial charge is 0.163 e. The van der Waals surface area contributed by atoms with E-state index in [0.717, 1.165) is 11.3 Å².